The first kappa shape index (κ1) is 22.2. The van der Waals surface area contributed by atoms with Gasteiger partial charge in [0.2, 0.25) is 11.9 Å². The van der Waals surface area contributed by atoms with Gasteiger partial charge in [-0.25, -0.2) is 23.1 Å². The molecule has 34 heavy (non-hydrogen) atoms. The van der Waals surface area contributed by atoms with Crippen LogP contribution in [0.1, 0.15) is 32.5 Å². The van der Waals surface area contributed by atoms with Crippen LogP contribution >= 0.6 is 0 Å². The summed E-state index contributed by atoms with van der Waals surface area (Å²) in [4.78, 5) is 27.4. The van der Waals surface area contributed by atoms with E-state index in [-0.39, 0.29) is 23.0 Å². The Morgan fingerprint density at radius 1 is 1.32 bits per heavy atom. The van der Waals surface area contributed by atoms with Crippen LogP contribution in [0.4, 0.5) is 19.1 Å². The van der Waals surface area contributed by atoms with Crippen molar-refractivity contribution in [2.75, 3.05) is 5.32 Å². The summed E-state index contributed by atoms with van der Waals surface area (Å²) < 4.78 is 42.3. The van der Waals surface area contributed by atoms with Crippen LogP contribution in [0.5, 0.6) is 0 Å². The molecule has 0 unspecified atom stereocenters. The van der Waals surface area contributed by atoms with Gasteiger partial charge in [0.15, 0.2) is 5.82 Å². The van der Waals surface area contributed by atoms with Crippen molar-refractivity contribution in [1.82, 2.24) is 29.8 Å². The second kappa shape index (κ2) is 8.00. The smallest absolute Gasteiger partial charge is 0.256 e. The fraction of sp³-hybridized carbons (Fsp3) is 0.391. The topological polar surface area (TPSA) is 101 Å². The van der Waals surface area contributed by atoms with Crippen LogP contribution in [0.2, 0.25) is 0 Å². The summed E-state index contributed by atoms with van der Waals surface area (Å²) in [5, 5.41) is 6.90. The number of alkyl halides is 2. The highest BCUT2D eigenvalue weighted by Crippen LogP contribution is 2.35. The van der Waals surface area contributed by atoms with Crippen LogP contribution in [0.15, 0.2) is 24.5 Å². The summed E-state index contributed by atoms with van der Waals surface area (Å²) >= 11 is 0. The van der Waals surface area contributed by atoms with Crippen LogP contribution < -0.4 is 10.6 Å². The Kier molecular flexibility index (Phi) is 5.22. The van der Waals surface area contributed by atoms with Crippen molar-refractivity contribution in [2.45, 2.75) is 58.2 Å². The van der Waals surface area contributed by atoms with Crippen molar-refractivity contribution in [3.8, 4) is 11.1 Å². The number of anilines is 1. The van der Waals surface area contributed by atoms with Gasteiger partial charge in [0.1, 0.15) is 17.0 Å². The monoisotopic (exact) mass is 471 g/mol. The number of aryl methyl sites for hydroxylation is 1. The summed E-state index contributed by atoms with van der Waals surface area (Å²) in [7, 11) is 0. The van der Waals surface area contributed by atoms with Crippen molar-refractivity contribution >= 4 is 33.9 Å². The van der Waals surface area contributed by atoms with E-state index in [0.29, 0.717) is 39.4 Å². The van der Waals surface area contributed by atoms with Gasteiger partial charge < -0.3 is 20.2 Å². The van der Waals surface area contributed by atoms with E-state index < -0.39 is 18.8 Å². The van der Waals surface area contributed by atoms with Gasteiger partial charge in [-0.05, 0) is 44.4 Å². The number of carbonyl (C=O) groups excluding carboxylic acids is 1. The number of H-pyrrole nitrogens is 1. The first-order valence-electron chi connectivity index (χ1n) is 11.0. The Morgan fingerprint density at radius 2 is 2.09 bits per heavy atom. The number of aromatic amines is 1. The predicted octanol–water partition coefficient (Wildman–Crippen LogP) is 4.16. The second-order valence-electron chi connectivity index (χ2n) is 9.14. The Hall–Kier alpha value is -3.63. The summed E-state index contributed by atoms with van der Waals surface area (Å²) in [5.74, 6) is 0.141. The number of imidazole rings is 1. The maximum atomic E-state index is 14.8. The molecule has 0 saturated heterocycles. The van der Waals surface area contributed by atoms with Crippen molar-refractivity contribution in [3.63, 3.8) is 0 Å². The molecule has 0 radical (unpaired) electrons. The lowest BCUT2D eigenvalue weighted by atomic mass is 9.74. The average molecular weight is 471 g/mol. The van der Waals surface area contributed by atoms with E-state index in [9.17, 15) is 18.0 Å². The number of halogens is 3. The van der Waals surface area contributed by atoms with Gasteiger partial charge in [-0.1, -0.05) is 0 Å². The zero-order valence-electron chi connectivity index (χ0n) is 18.9. The van der Waals surface area contributed by atoms with Crippen LogP contribution in [-0.2, 0) is 11.3 Å². The minimum Gasteiger partial charge on any atom is -0.351 e. The molecular weight excluding hydrogens is 447 g/mol. The van der Waals surface area contributed by atoms with Crippen LogP contribution in [-0.4, -0.2) is 48.4 Å². The molecule has 0 bridgehead atoms. The molecule has 178 valence electrons. The molecule has 1 amide bonds. The Balaban J connectivity index is 1.42. The third kappa shape index (κ3) is 3.95. The number of fused-ring (bicyclic) bond motifs is 2. The molecule has 1 aliphatic rings. The number of hydrogen-bond donors (Lipinski definition) is 3. The first-order chi connectivity index (χ1) is 16.1. The van der Waals surface area contributed by atoms with Gasteiger partial charge >= 0.3 is 0 Å². The highest BCUT2D eigenvalue weighted by Gasteiger charge is 2.41. The number of aromatic nitrogens is 5. The normalized spacial score (nSPS) is 20.1. The number of benzene rings is 1. The first-order valence-corrected chi connectivity index (χ1v) is 11.0. The molecule has 1 fully saturated rings. The van der Waals surface area contributed by atoms with Crippen LogP contribution in [0.25, 0.3) is 33.2 Å². The minimum absolute atomic E-state index is 0.0559. The third-order valence-corrected chi connectivity index (χ3v) is 6.27. The van der Waals surface area contributed by atoms with Gasteiger partial charge in [0.25, 0.3) is 6.43 Å². The second-order valence-corrected chi connectivity index (χ2v) is 9.14. The fourth-order valence-electron chi connectivity index (χ4n) is 4.88. The van der Waals surface area contributed by atoms with Gasteiger partial charge in [0.05, 0.1) is 12.1 Å². The van der Waals surface area contributed by atoms with E-state index in [0.717, 1.165) is 12.8 Å². The van der Waals surface area contributed by atoms with Crippen molar-refractivity contribution in [1.29, 1.82) is 0 Å². The van der Waals surface area contributed by atoms with Gasteiger partial charge in [-0.2, -0.15) is 4.98 Å². The number of nitrogens with zero attached hydrogens (tertiary/aromatic N) is 4. The van der Waals surface area contributed by atoms with E-state index in [1.165, 1.54) is 17.6 Å². The molecule has 0 atom stereocenters. The predicted molar refractivity (Wildman–Crippen MR) is 122 cm³/mol. The van der Waals surface area contributed by atoms with E-state index >= 15 is 0 Å². The molecule has 11 heteroatoms. The summed E-state index contributed by atoms with van der Waals surface area (Å²) in [5.41, 5.74) is 1.89. The highest BCUT2D eigenvalue weighted by molar-refractivity contribution is 5.96. The van der Waals surface area contributed by atoms with Crippen LogP contribution in [0.3, 0.4) is 0 Å². The summed E-state index contributed by atoms with van der Waals surface area (Å²) in [6.07, 6.45) is 2.28. The lowest BCUT2D eigenvalue weighted by Gasteiger charge is -2.45. The standard InChI is InChI=1S/C23H24F3N7O/c1-11-29-20-17(24)4-13(5-18(20)33(11)10-19(25)26)15-8-27-21-16(15)9-28-22(31-21)30-14-6-23(3,7-14)32-12(2)34/h4-5,8-9,14,19H,6-7,10H2,1-3H3,(H,32,34)(H2,27,28,30,31)/t14-,23+. The van der Waals surface area contributed by atoms with Crippen molar-refractivity contribution in [2.24, 2.45) is 0 Å². The number of carbonyl (C=O) groups is 1. The quantitative estimate of drug-likeness (QED) is 0.392. The molecule has 8 nitrogen and oxygen atoms in total. The minimum atomic E-state index is -2.58. The summed E-state index contributed by atoms with van der Waals surface area (Å²) in [6.45, 7) is 4.53. The number of nitrogens with one attached hydrogen (secondary N) is 3. The number of rotatable bonds is 6. The Morgan fingerprint density at radius 3 is 2.79 bits per heavy atom. The molecule has 3 heterocycles. The fourth-order valence-corrected chi connectivity index (χ4v) is 4.88. The van der Waals surface area contributed by atoms with Crippen LogP contribution in [0, 0.1) is 12.7 Å². The summed E-state index contributed by atoms with van der Waals surface area (Å²) in [6, 6.07) is 3.14. The van der Waals surface area contributed by atoms with Crippen molar-refractivity contribution in [3.05, 3.63) is 36.2 Å². The molecule has 1 saturated carbocycles. The average Bonchev–Trinajstić information content (AvgIpc) is 3.27. The van der Waals surface area contributed by atoms with E-state index in [4.69, 9.17) is 0 Å². The Bertz CT molecular complexity index is 1400. The van der Waals surface area contributed by atoms with Gasteiger partial charge in [0, 0.05) is 41.8 Å². The molecule has 1 aliphatic carbocycles. The lowest BCUT2D eigenvalue weighted by Crippen LogP contribution is -2.59. The van der Waals surface area contributed by atoms with E-state index in [2.05, 4.69) is 30.6 Å². The molecule has 0 aliphatic heterocycles. The number of amides is 1. The SMILES string of the molecule is CC(=O)N[C@]1(C)C[C@H](Nc2ncc3c(-c4cc(F)c5nc(C)n(CC(F)F)c5c4)c[nH]c3n2)C1. The maximum Gasteiger partial charge on any atom is 0.256 e. The molecule has 5 rings (SSSR count). The Labute approximate surface area is 193 Å². The molecule has 3 aromatic heterocycles. The van der Waals surface area contributed by atoms with Gasteiger partial charge in [-0.3, -0.25) is 4.79 Å². The van der Waals surface area contributed by atoms with Crippen molar-refractivity contribution < 1.29 is 18.0 Å². The lowest BCUT2D eigenvalue weighted by molar-refractivity contribution is -0.121. The van der Waals surface area contributed by atoms with Gasteiger partial charge in [-0.15, -0.1) is 0 Å². The highest BCUT2D eigenvalue weighted by atomic mass is 19.3. The third-order valence-electron chi connectivity index (χ3n) is 6.27. The molecule has 3 N–H and O–H groups in total. The van der Waals surface area contributed by atoms with E-state index in [1.54, 1.807) is 25.4 Å². The zero-order valence-corrected chi connectivity index (χ0v) is 18.9. The van der Waals surface area contributed by atoms with E-state index in [1.807, 2.05) is 6.92 Å². The molecular formula is C23H24F3N7O. The largest absolute Gasteiger partial charge is 0.351 e. The molecule has 4 aromatic rings. The molecule has 1 aromatic carbocycles. The zero-order chi connectivity index (χ0) is 24.2. The number of hydrogen-bond acceptors (Lipinski definition) is 5. The maximum absolute atomic E-state index is 14.8. The molecule has 0 spiro atoms.